The fraction of sp³-hybridized carbons (Fsp3) is 0.250. The third-order valence-corrected chi connectivity index (χ3v) is 5.88. The molecule has 8 heteroatoms. The average molecular weight is 458 g/mol. The Morgan fingerprint density at radius 1 is 1.18 bits per heavy atom. The first kappa shape index (κ1) is 19.0. The lowest BCUT2D eigenvalue weighted by Gasteiger charge is -2.19. The van der Waals surface area contributed by atoms with Crippen LogP contribution in [0.25, 0.3) is 27.6 Å². The summed E-state index contributed by atoms with van der Waals surface area (Å²) in [5.41, 5.74) is 3.61. The highest BCUT2D eigenvalue weighted by molar-refractivity contribution is 9.10. The molecule has 1 aromatic carbocycles. The molecular formula is C20H20BrN5OS. The number of fused-ring (bicyclic) bond motifs is 1. The first-order valence-corrected chi connectivity index (χ1v) is 10.7. The number of aliphatic hydroxyl groups excluding tert-OH is 1. The smallest absolute Gasteiger partial charge is 0.223 e. The molecule has 0 aliphatic heterocycles. The molecule has 28 heavy (non-hydrogen) atoms. The van der Waals surface area contributed by atoms with Gasteiger partial charge in [0.1, 0.15) is 5.69 Å². The highest BCUT2D eigenvalue weighted by atomic mass is 79.9. The van der Waals surface area contributed by atoms with E-state index in [1.807, 2.05) is 41.9 Å². The van der Waals surface area contributed by atoms with E-state index >= 15 is 0 Å². The standard InChI is InChI=1S/C20H20BrN5OS/c1-12(2)16(11-27)24-19-22-8-7-15(23-19)18-17(13-3-5-14(21)6-4-13)25-20-26(18)9-10-28-20/h3-10,12,16,27H,11H2,1-2H3,(H,22,23,24)/t16-/m1/s1. The molecule has 3 heterocycles. The number of halogens is 1. The van der Waals surface area contributed by atoms with Crippen LogP contribution in [0.1, 0.15) is 13.8 Å². The van der Waals surface area contributed by atoms with Gasteiger partial charge in [-0.05, 0) is 24.1 Å². The molecule has 3 aromatic heterocycles. The minimum absolute atomic E-state index is 0.0247. The number of hydrogen-bond donors (Lipinski definition) is 2. The number of aromatic nitrogens is 4. The summed E-state index contributed by atoms with van der Waals surface area (Å²) in [6.45, 7) is 4.13. The SMILES string of the molecule is CC(C)[C@@H](CO)Nc1nccc(-c2c(-c3ccc(Br)cc3)nc3sccn23)n1. The Morgan fingerprint density at radius 2 is 1.96 bits per heavy atom. The van der Waals surface area contributed by atoms with Crippen LogP contribution in [0.2, 0.25) is 0 Å². The van der Waals surface area contributed by atoms with Gasteiger partial charge in [-0.3, -0.25) is 4.40 Å². The maximum Gasteiger partial charge on any atom is 0.223 e. The maximum absolute atomic E-state index is 9.61. The fourth-order valence-corrected chi connectivity index (χ4v) is 3.97. The minimum Gasteiger partial charge on any atom is -0.394 e. The van der Waals surface area contributed by atoms with Crippen molar-refractivity contribution in [1.82, 2.24) is 19.4 Å². The van der Waals surface area contributed by atoms with Crippen molar-refractivity contribution >= 4 is 38.2 Å². The molecule has 2 N–H and O–H groups in total. The van der Waals surface area contributed by atoms with E-state index in [0.717, 1.165) is 32.1 Å². The average Bonchev–Trinajstić information content (AvgIpc) is 3.27. The minimum atomic E-state index is -0.104. The Morgan fingerprint density at radius 3 is 2.68 bits per heavy atom. The van der Waals surface area contributed by atoms with E-state index in [9.17, 15) is 5.11 Å². The number of benzene rings is 1. The summed E-state index contributed by atoms with van der Waals surface area (Å²) in [4.78, 5) is 14.8. The molecule has 1 atom stereocenters. The first-order valence-electron chi connectivity index (χ1n) is 8.99. The van der Waals surface area contributed by atoms with Gasteiger partial charge in [0.05, 0.1) is 24.0 Å². The Labute approximate surface area is 175 Å². The lowest BCUT2D eigenvalue weighted by Crippen LogP contribution is -2.30. The van der Waals surface area contributed by atoms with Crippen LogP contribution < -0.4 is 5.32 Å². The van der Waals surface area contributed by atoms with E-state index in [1.54, 1.807) is 17.5 Å². The van der Waals surface area contributed by atoms with Crippen molar-refractivity contribution in [3.63, 3.8) is 0 Å². The predicted molar refractivity (Wildman–Crippen MR) is 117 cm³/mol. The molecule has 0 radical (unpaired) electrons. The molecule has 4 rings (SSSR count). The van der Waals surface area contributed by atoms with Crippen LogP contribution >= 0.6 is 27.3 Å². The highest BCUT2D eigenvalue weighted by Crippen LogP contribution is 2.34. The first-order chi connectivity index (χ1) is 13.6. The van der Waals surface area contributed by atoms with Crippen molar-refractivity contribution in [2.45, 2.75) is 19.9 Å². The lowest BCUT2D eigenvalue weighted by atomic mass is 10.1. The van der Waals surface area contributed by atoms with Crippen molar-refractivity contribution in [2.24, 2.45) is 5.92 Å². The van der Waals surface area contributed by atoms with Crippen molar-refractivity contribution < 1.29 is 5.11 Å². The molecule has 0 saturated heterocycles. The van der Waals surface area contributed by atoms with Gasteiger partial charge < -0.3 is 10.4 Å². The fourth-order valence-electron chi connectivity index (χ4n) is 2.99. The normalized spacial score (nSPS) is 12.6. The molecule has 0 aliphatic rings. The van der Waals surface area contributed by atoms with Gasteiger partial charge in [-0.15, -0.1) is 11.3 Å². The van der Waals surface area contributed by atoms with Gasteiger partial charge in [0.2, 0.25) is 5.95 Å². The topological polar surface area (TPSA) is 75.3 Å². The Kier molecular flexibility index (Phi) is 5.43. The quantitative estimate of drug-likeness (QED) is 0.438. The molecule has 0 amide bonds. The largest absolute Gasteiger partial charge is 0.394 e. The van der Waals surface area contributed by atoms with E-state index in [4.69, 9.17) is 9.97 Å². The van der Waals surface area contributed by atoms with Gasteiger partial charge in [0.25, 0.3) is 0 Å². The van der Waals surface area contributed by atoms with E-state index in [1.165, 1.54) is 0 Å². The molecule has 0 fully saturated rings. The van der Waals surface area contributed by atoms with Crippen LogP contribution in [-0.4, -0.2) is 37.1 Å². The van der Waals surface area contributed by atoms with Crippen LogP contribution in [0.5, 0.6) is 0 Å². The molecular weight excluding hydrogens is 438 g/mol. The predicted octanol–water partition coefficient (Wildman–Crippen LogP) is 4.71. The zero-order valence-corrected chi connectivity index (χ0v) is 17.9. The Bertz CT molecular complexity index is 1090. The van der Waals surface area contributed by atoms with Crippen LogP contribution in [0.4, 0.5) is 5.95 Å². The summed E-state index contributed by atoms with van der Waals surface area (Å²) in [5.74, 6) is 0.756. The van der Waals surface area contributed by atoms with E-state index in [2.05, 4.69) is 44.5 Å². The molecule has 0 bridgehead atoms. The highest BCUT2D eigenvalue weighted by Gasteiger charge is 2.19. The number of imidazole rings is 1. The molecule has 144 valence electrons. The molecule has 4 aromatic rings. The Hall–Kier alpha value is -2.29. The zero-order valence-electron chi connectivity index (χ0n) is 15.5. The van der Waals surface area contributed by atoms with Crippen molar-refractivity contribution in [3.8, 4) is 22.6 Å². The summed E-state index contributed by atoms with van der Waals surface area (Å²) >= 11 is 5.07. The monoisotopic (exact) mass is 457 g/mol. The second-order valence-electron chi connectivity index (χ2n) is 6.81. The number of rotatable bonds is 6. The van der Waals surface area contributed by atoms with Gasteiger partial charge in [-0.2, -0.15) is 0 Å². The number of aliphatic hydroxyl groups is 1. The third kappa shape index (κ3) is 3.67. The van der Waals surface area contributed by atoms with Crippen LogP contribution in [0.3, 0.4) is 0 Å². The van der Waals surface area contributed by atoms with Crippen LogP contribution in [-0.2, 0) is 0 Å². The molecule has 0 aliphatic carbocycles. The van der Waals surface area contributed by atoms with E-state index in [-0.39, 0.29) is 18.6 Å². The van der Waals surface area contributed by atoms with Gasteiger partial charge in [0, 0.05) is 27.8 Å². The number of hydrogen-bond acceptors (Lipinski definition) is 6. The number of nitrogens with zero attached hydrogens (tertiary/aromatic N) is 4. The van der Waals surface area contributed by atoms with Gasteiger partial charge in [-0.25, -0.2) is 15.0 Å². The molecule has 0 spiro atoms. The van der Waals surface area contributed by atoms with Crippen LogP contribution in [0, 0.1) is 5.92 Å². The third-order valence-electron chi connectivity index (χ3n) is 4.59. The second kappa shape index (κ2) is 7.98. The number of thiazole rings is 1. The molecule has 6 nitrogen and oxygen atoms in total. The van der Waals surface area contributed by atoms with Gasteiger partial charge in [0.15, 0.2) is 4.96 Å². The van der Waals surface area contributed by atoms with Crippen molar-refractivity contribution in [3.05, 3.63) is 52.6 Å². The second-order valence-corrected chi connectivity index (χ2v) is 8.60. The number of nitrogens with one attached hydrogen (secondary N) is 1. The molecule has 0 saturated carbocycles. The Balaban J connectivity index is 1.80. The number of anilines is 1. The summed E-state index contributed by atoms with van der Waals surface area (Å²) in [6, 6.07) is 9.88. The van der Waals surface area contributed by atoms with Crippen molar-refractivity contribution in [1.29, 1.82) is 0 Å². The van der Waals surface area contributed by atoms with Crippen molar-refractivity contribution in [2.75, 3.05) is 11.9 Å². The molecule has 0 unspecified atom stereocenters. The maximum atomic E-state index is 9.61. The summed E-state index contributed by atoms with van der Waals surface area (Å²) in [7, 11) is 0. The summed E-state index contributed by atoms with van der Waals surface area (Å²) in [5, 5.41) is 14.9. The lowest BCUT2D eigenvalue weighted by molar-refractivity contribution is 0.248. The van der Waals surface area contributed by atoms with E-state index in [0.29, 0.717) is 5.95 Å². The van der Waals surface area contributed by atoms with Crippen LogP contribution in [0.15, 0.2) is 52.6 Å². The van der Waals surface area contributed by atoms with Gasteiger partial charge in [-0.1, -0.05) is 41.9 Å². The van der Waals surface area contributed by atoms with E-state index < -0.39 is 0 Å². The summed E-state index contributed by atoms with van der Waals surface area (Å²) in [6.07, 6.45) is 3.74. The van der Waals surface area contributed by atoms with Gasteiger partial charge >= 0.3 is 0 Å². The summed E-state index contributed by atoms with van der Waals surface area (Å²) < 4.78 is 3.08. The zero-order chi connectivity index (χ0) is 19.7.